The minimum Gasteiger partial charge on any atom is -0.326 e. The molecule has 1 aromatic rings. The molecule has 0 heterocycles. The van der Waals surface area contributed by atoms with Crippen LogP contribution in [0.4, 0.5) is 10.1 Å². The predicted octanol–water partition coefficient (Wildman–Crippen LogP) is 1.90. The zero-order valence-electron chi connectivity index (χ0n) is 10.5. The van der Waals surface area contributed by atoms with Crippen molar-refractivity contribution < 1.29 is 12.8 Å². The summed E-state index contributed by atoms with van der Waals surface area (Å²) >= 11 is 5.62. The second-order valence-electron chi connectivity index (χ2n) is 3.75. The fourth-order valence-corrected chi connectivity index (χ4v) is 3.74. The van der Waals surface area contributed by atoms with E-state index in [2.05, 4.69) is 0 Å². The minimum atomic E-state index is -3.83. The number of hydrogen-bond donors (Lipinski definition) is 1. The van der Waals surface area contributed by atoms with Crippen molar-refractivity contribution in [3.05, 3.63) is 29.8 Å². The Balaban J connectivity index is 3.16. The van der Waals surface area contributed by atoms with Gasteiger partial charge in [0, 0.05) is 32.6 Å². The smallest absolute Gasteiger partial charge is 0.313 e. The molecule has 1 unspecified atom stereocenters. The van der Waals surface area contributed by atoms with Crippen molar-refractivity contribution in [3.63, 3.8) is 0 Å². The molecule has 1 atom stereocenters. The number of anilines is 1. The molecule has 5 nitrogen and oxygen atoms in total. The topological polar surface area (TPSA) is 66.6 Å². The van der Waals surface area contributed by atoms with Crippen LogP contribution in [0.25, 0.3) is 0 Å². The Hall–Kier alpha value is -0.540. The Morgan fingerprint density at radius 1 is 1.37 bits per heavy atom. The number of nitrogens with two attached hydrogens (primary N) is 1. The van der Waals surface area contributed by atoms with Gasteiger partial charge in [-0.15, -0.1) is 0 Å². The molecule has 0 bridgehead atoms. The van der Waals surface area contributed by atoms with Crippen molar-refractivity contribution in [3.8, 4) is 0 Å². The van der Waals surface area contributed by atoms with Crippen molar-refractivity contribution >= 4 is 39.4 Å². The molecule has 19 heavy (non-hydrogen) atoms. The Kier molecular flexibility index (Phi) is 5.87. The molecular formula is C10H15ClFN3O2S2. The monoisotopic (exact) mass is 327 g/mol. The van der Waals surface area contributed by atoms with Gasteiger partial charge in [0.15, 0.2) is 0 Å². The molecule has 1 rings (SSSR count). The summed E-state index contributed by atoms with van der Waals surface area (Å²) in [5.41, 5.74) is 6.62. The van der Waals surface area contributed by atoms with Crippen LogP contribution in [-0.4, -0.2) is 31.8 Å². The van der Waals surface area contributed by atoms with Crippen LogP contribution >= 0.6 is 23.5 Å². The van der Waals surface area contributed by atoms with E-state index in [1.165, 1.54) is 14.1 Å². The number of hydrogen-bond acceptors (Lipinski definition) is 4. The van der Waals surface area contributed by atoms with Gasteiger partial charge < -0.3 is 5.73 Å². The summed E-state index contributed by atoms with van der Waals surface area (Å²) in [6.45, 7) is 0.342. The Morgan fingerprint density at radius 2 is 1.89 bits per heavy atom. The average Bonchev–Trinajstić information content (AvgIpc) is 2.35. The van der Waals surface area contributed by atoms with Gasteiger partial charge in [0.1, 0.15) is 0 Å². The number of halogens is 2. The van der Waals surface area contributed by atoms with E-state index in [9.17, 15) is 12.8 Å². The lowest BCUT2D eigenvalue weighted by molar-refractivity contribution is 0.522. The van der Waals surface area contributed by atoms with Crippen LogP contribution < -0.4 is 9.44 Å². The van der Waals surface area contributed by atoms with Gasteiger partial charge >= 0.3 is 10.2 Å². The van der Waals surface area contributed by atoms with E-state index >= 15 is 0 Å². The third-order valence-electron chi connectivity index (χ3n) is 2.23. The lowest BCUT2D eigenvalue weighted by Crippen LogP contribution is -2.36. The average molecular weight is 328 g/mol. The van der Waals surface area contributed by atoms with Gasteiger partial charge in [-0.1, -0.05) is 23.7 Å². The lowest BCUT2D eigenvalue weighted by atomic mass is 10.2. The highest BCUT2D eigenvalue weighted by Crippen LogP contribution is 2.32. The van der Waals surface area contributed by atoms with Gasteiger partial charge in [0.25, 0.3) is 0 Å². The summed E-state index contributed by atoms with van der Waals surface area (Å²) in [5.74, 6) is 0. The third kappa shape index (κ3) is 4.22. The highest BCUT2D eigenvalue weighted by molar-refractivity contribution is 8.14. The number of rotatable bonds is 6. The molecule has 108 valence electrons. The van der Waals surface area contributed by atoms with Gasteiger partial charge in [0.05, 0.1) is 5.69 Å². The molecule has 0 aromatic heterocycles. The molecule has 9 heteroatoms. The quantitative estimate of drug-likeness (QED) is 0.640. The molecule has 0 aliphatic rings. The molecule has 0 amide bonds. The van der Waals surface area contributed by atoms with E-state index in [-0.39, 0.29) is 0 Å². The Bertz CT molecular complexity index is 508. The maximum atomic E-state index is 13.0. The summed E-state index contributed by atoms with van der Waals surface area (Å²) in [6, 6.07) is 6.45. The molecule has 2 N–H and O–H groups in total. The molecule has 0 aliphatic heterocycles. The van der Waals surface area contributed by atoms with Gasteiger partial charge in [-0.2, -0.15) is 16.4 Å². The number of nitrogens with zero attached hydrogens (tertiary/aromatic N) is 2. The Morgan fingerprint density at radius 3 is 2.26 bits per heavy atom. The fourth-order valence-electron chi connectivity index (χ4n) is 1.22. The van der Waals surface area contributed by atoms with E-state index in [1.54, 1.807) is 24.3 Å². The second kappa shape index (κ2) is 6.76. The first-order valence-corrected chi connectivity index (χ1v) is 7.92. The van der Waals surface area contributed by atoms with Crippen molar-refractivity contribution in [2.24, 2.45) is 5.73 Å². The summed E-state index contributed by atoms with van der Waals surface area (Å²) in [6.07, 6.45) is 0. The largest absolute Gasteiger partial charge is 0.326 e. The first-order chi connectivity index (χ1) is 8.78. The summed E-state index contributed by atoms with van der Waals surface area (Å²) in [5, 5.41) is 0. The maximum absolute atomic E-state index is 13.0. The molecule has 0 spiro atoms. The van der Waals surface area contributed by atoms with E-state index in [0.717, 1.165) is 13.6 Å². The van der Waals surface area contributed by atoms with E-state index in [4.69, 9.17) is 17.3 Å². The first kappa shape index (κ1) is 16.5. The van der Waals surface area contributed by atoms with Crippen molar-refractivity contribution in [2.75, 3.05) is 17.8 Å². The first-order valence-electron chi connectivity index (χ1n) is 5.25. The van der Waals surface area contributed by atoms with Crippen molar-refractivity contribution in [1.82, 2.24) is 4.31 Å². The maximum Gasteiger partial charge on any atom is 0.313 e. The van der Waals surface area contributed by atoms with Crippen molar-refractivity contribution in [2.45, 2.75) is 11.5 Å². The van der Waals surface area contributed by atoms with Crippen LogP contribution in [0.15, 0.2) is 24.3 Å². The second-order valence-corrected chi connectivity index (χ2v) is 7.61. The SMILES string of the molecule is CN(C)S(=O)(=O)N(SC(F)Cl)c1ccc(CN)cc1. The molecule has 0 aliphatic carbocycles. The van der Waals surface area contributed by atoms with Gasteiger partial charge in [-0.05, 0) is 17.7 Å². The summed E-state index contributed by atoms with van der Waals surface area (Å²) in [4.78, 5) is -1.87. The Labute approximate surface area is 121 Å². The molecular weight excluding hydrogens is 313 g/mol. The standard InChI is InChI=1S/C10H15ClFN3O2S2/c1-14(2)19(16,17)15(18-10(11)12)9-5-3-8(7-13)4-6-9/h3-6,10H,7,13H2,1-2H3. The zero-order valence-corrected chi connectivity index (χ0v) is 12.8. The fraction of sp³-hybridized carbons (Fsp3) is 0.400. The predicted molar refractivity (Wildman–Crippen MR) is 77.8 cm³/mol. The molecule has 0 radical (unpaired) electrons. The van der Waals surface area contributed by atoms with Gasteiger partial charge in [0.2, 0.25) is 4.96 Å². The van der Waals surface area contributed by atoms with Crippen molar-refractivity contribution in [1.29, 1.82) is 0 Å². The van der Waals surface area contributed by atoms with Crippen LogP contribution in [0, 0.1) is 0 Å². The van der Waals surface area contributed by atoms with Gasteiger partial charge in [-0.3, -0.25) is 0 Å². The van der Waals surface area contributed by atoms with Crippen LogP contribution in [0.2, 0.25) is 0 Å². The number of alkyl halides is 2. The molecule has 0 fully saturated rings. The van der Waals surface area contributed by atoms with Crippen LogP contribution in [-0.2, 0) is 16.8 Å². The summed E-state index contributed by atoms with van der Waals surface area (Å²) < 4.78 is 39.0. The normalized spacial score (nSPS) is 13.6. The molecule has 1 aromatic carbocycles. The van der Waals surface area contributed by atoms with E-state index < -0.39 is 15.2 Å². The van der Waals surface area contributed by atoms with Gasteiger partial charge in [-0.25, -0.2) is 4.39 Å². The molecule has 0 saturated carbocycles. The minimum absolute atomic E-state index is 0.305. The highest BCUT2D eigenvalue weighted by Gasteiger charge is 2.28. The third-order valence-corrected chi connectivity index (χ3v) is 5.41. The highest BCUT2D eigenvalue weighted by atomic mass is 35.5. The van der Waals surface area contributed by atoms with Crippen LogP contribution in [0.5, 0.6) is 0 Å². The number of benzene rings is 1. The van der Waals surface area contributed by atoms with Crippen LogP contribution in [0.1, 0.15) is 5.56 Å². The molecule has 0 saturated heterocycles. The van der Waals surface area contributed by atoms with Crippen LogP contribution in [0.3, 0.4) is 0 Å². The van der Waals surface area contributed by atoms with E-state index in [0.29, 0.717) is 24.2 Å². The lowest BCUT2D eigenvalue weighted by Gasteiger charge is -2.26. The zero-order chi connectivity index (χ0) is 14.6. The van der Waals surface area contributed by atoms with E-state index in [1.807, 2.05) is 0 Å². The summed E-state index contributed by atoms with van der Waals surface area (Å²) in [7, 11) is -1.11.